The molecule has 0 saturated heterocycles. The summed E-state index contributed by atoms with van der Waals surface area (Å²) < 4.78 is 5.84. The van der Waals surface area contributed by atoms with Crippen LogP contribution >= 0.6 is 0 Å². The topological polar surface area (TPSA) is 38.3 Å². The van der Waals surface area contributed by atoms with Gasteiger partial charge in [0.05, 0.1) is 0 Å². The summed E-state index contributed by atoms with van der Waals surface area (Å²) in [6.07, 6.45) is 4.66. The Kier molecular flexibility index (Phi) is 3.92. The van der Waals surface area contributed by atoms with E-state index in [2.05, 4.69) is 18.3 Å². The molecule has 2 aliphatic rings. The van der Waals surface area contributed by atoms with E-state index in [-0.39, 0.29) is 5.91 Å². The van der Waals surface area contributed by atoms with Crippen molar-refractivity contribution in [3.8, 4) is 5.75 Å². The summed E-state index contributed by atoms with van der Waals surface area (Å²) in [5.41, 5.74) is 2.29. The highest BCUT2D eigenvalue weighted by Gasteiger charge is 2.40. The van der Waals surface area contributed by atoms with E-state index in [1.165, 1.54) is 24.8 Å². The number of carbonyl (C=O) groups is 1. The average molecular weight is 287 g/mol. The number of ether oxygens (including phenoxy) is 1. The van der Waals surface area contributed by atoms with Gasteiger partial charge in [0.15, 0.2) is 6.10 Å². The second kappa shape index (κ2) is 5.70. The first-order valence-corrected chi connectivity index (χ1v) is 8.07. The minimum atomic E-state index is -0.439. The standard InChI is InChI=1S/C18H25NO2/c1-11-4-7-17(12(2)8-11)21-13(3)18(20)19-16-10-14-5-6-15(16)9-14/h4,7-8,13-16H,5-6,9-10H2,1-3H3,(H,19,20)/t13-,14+,15+,16-/m1/s1. The lowest BCUT2D eigenvalue weighted by molar-refractivity contribution is -0.128. The van der Waals surface area contributed by atoms with Crippen molar-refractivity contribution in [3.63, 3.8) is 0 Å². The number of fused-ring (bicyclic) bond motifs is 2. The summed E-state index contributed by atoms with van der Waals surface area (Å²) in [6, 6.07) is 6.42. The number of hydrogen-bond acceptors (Lipinski definition) is 2. The Balaban J connectivity index is 1.57. The predicted molar refractivity (Wildman–Crippen MR) is 83.4 cm³/mol. The Morgan fingerprint density at radius 2 is 2.10 bits per heavy atom. The number of benzene rings is 1. The van der Waals surface area contributed by atoms with Gasteiger partial charge < -0.3 is 10.1 Å². The third-order valence-electron chi connectivity index (χ3n) is 5.07. The molecule has 0 heterocycles. The van der Waals surface area contributed by atoms with Crippen LogP contribution in [0.2, 0.25) is 0 Å². The Hall–Kier alpha value is -1.51. The number of amides is 1. The van der Waals surface area contributed by atoms with Crippen molar-refractivity contribution in [1.29, 1.82) is 0 Å². The van der Waals surface area contributed by atoms with Crippen molar-refractivity contribution < 1.29 is 9.53 Å². The second-order valence-corrected chi connectivity index (χ2v) is 6.82. The Labute approximate surface area is 127 Å². The lowest BCUT2D eigenvalue weighted by atomic mass is 9.95. The summed E-state index contributed by atoms with van der Waals surface area (Å²) in [4.78, 5) is 12.3. The van der Waals surface area contributed by atoms with E-state index in [0.29, 0.717) is 12.0 Å². The molecule has 2 saturated carbocycles. The summed E-state index contributed by atoms with van der Waals surface area (Å²) in [6.45, 7) is 5.91. The molecule has 4 atom stereocenters. The summed E-state index contributed by atoms with van der Waals surface area (Å²) >= 11 is 0. The fraction of sp³-hybridized carbons (Fsp3) is 0.611. The van der Waals surface area contributed by atoms with Crippen LogP contribution in [0.1, 0.15) is 43.7 Å². The minimum absolute atomic E-state index is 0.0209. The van der Waals surface area contributed by atoms with E-state index in [4.69, 9.17) is 4.74 Å². The van der Waals surface area contributed by atoms with Crippen molar-refractivity contribution in [2.75, 3.05) is 0 Å². The third kappa shape index (κ3) is 3.07. The van der Waals surface area contributed by atoms with E-state index >= 15 is 0 Å². The molecule has 0 aromatic heterocycles. The highest BCUT2D eigenvalue weighted by Crippen LogP contribution is 2.44. The van der Waals surface area contributed by atoms with Crippen LogP contribution in [0.5, 0.6) is 5.75 Å². The SMILES string of the molecule is Cc1ccc(O[C@H](C)C(=O)N[C@@H]2C[C@H]3CC[C@H]2C3)c(C)c1. The van der Waals surface area contributed by atoms with Crippen molar-refractivity contribution in [2.24, 2.45) is 11.8 Å². The zero-order valence-electron chi connectivity index (χ0n) is 13.2. The van der Waals surface area contributed by atoms with Gasteiger partial charge in [0.1, 0.15) is 5.75 Å². The first kappa shape index (κ1) is 14.4. The maximum Gasteiger partial charge on any atom is 0.261 e. The molecule has 1 aromatic rings. The van der Waals surface area contributed by atoms with E-state index in [0.717, 1.165) is 23.7 Å². The largest absolute Gasteiger partial charge is 0.481 e. The van der Waals surface area contributed by atoms with Gasteiger partial charge >= 0.3 is 0 Å². The van der Waals surface area contributed by atoms with E-state index < -0.39 is 6.10 Å². The molecule has 0 aliphatic heterocycles. The van der Waals surface area contributed by atoms with Crippen LogP contribution < -0.4 is 10.1 Å². The molecular formula is C18H25NO2. The molecule has 2 aliphatic carbocycles. The lowest BCUT2D eigenvalue weighted by Crippen LogP contribution is -2.44. The molecule has 3 rings (SSSR count). The smallest absolute Gasteiger partial charge is 0.261 e. The normalized spacial score (nSPS) is 28.4. The van der Waals surface area contributed by atoms with Gasteiger partial charge in [0.25, 0.3) is 5.91 Å². The van der Waals surface area contributed by atoms with Crippen LogP contribution in [0.4, 0.5) is 0 Å². The number of carbonyl (C=O) groups excluding carboxylic acids is 1. The lowest BCUT2D eigenvalue weighted by Gasteiger charge is -2.25. The molecule has 21 heavy (non-hydrogen) atoms. The number of aryl methyl sites for hydroxylation is 2. The van der Waals surface area contributed by atoms with Crippen molar-refractivity contribution in [2.45, 2.75) is 58.6 Å². The Morgan fingerprint density at radius 1 is 1.29 bits per heavy atom. The first-order valence-electron chi connectivity index (χ1n) is 8.07. The van der Waals surface area contributed by atoms with Gasteiger partial charge in [-0.05, 0) is 63.5 Å². The minimum Gasteiger partial charge on any atom is -0.481 e. The van der Waals surface area contributed by atoms with E-state index in [1.54, 1.807) is 0 Å². The average Bonchev–Trinajstić information content (AvgIpc) is 3.04. The van der Waals surface area contributed by atoms with Crippen molar-refractivity contribution >= 4 is 5.91 Å². The second-order valence-electron chi connectivity index (χ2n) is 6.82. The molecule has 1 amide bonds. The van der Waals surface area contributed by atoms with Gasteiger partial charge in [-0.3, -0.25) is 4.79 Å². The van der Waals surface area contributed by atoms with Gasteiger partial charge in [-0.15, -0.1) is 0 Å². The highest BCUT2D eigenvalue weighted by atomic mass is 16.5. The summed E-state index contributed by atoms with van der Waals surface area (Å²) in [5, 5.41) is 3.20. The molecule has 1 N–H and O–H groups in total. The summed E-state index contributed by atoms with van der Waals surface area (Å²) in [7, 11) is 0. The summed E-state index contributed by atoms with van der Waals surface area (Å²) in [5.74, 6) is 2.37. The zero-order valence-corrected chi connectivity index (χ0v) is 13.2. The van der Waals surface area contributed by atoms with Crippen LogP contribution in [0.3, 0.4) is 0 Å². The first-order chi connectivity index (χ1) is 10.0. The monoisotopic (exact) mass is 287 g/mol. The molecule has 3 heteroatoms. The Bertz CT molecular complexity index is 540. The molecular weight excluding hydrogens is 262 g/mol. The van der Waals surface area contributed by atoms with Gasteiger partial charge in [0.2, 0.25) is 0 Å². The maximum atomic E-state index is 12.3. The molecule has 0 spiro atoms. The van der Waals surface area contributed by atoms with E-state index in [9.17, 15) is 4.79 Å². The van der Waals surface area contributed by atoms with Crippen molar-refractivity contribution in [1.82, 2.24) is 5.32 Å². The molecule has 114 valence electrons. The molecule has 0 radical (unpaired) electrons. The van der Waals surface area contributed by atoms with Crippen LogP contribution in [0, 0.1) is 25.7 Å². The van der Waals surface area contributed by atoms with Gasteiger partial charge in [0, 0.05) is 6.04 Å². The molecule has 3 nitrogen and oxygen atoms in total. The highest BCUT2D eigenvalue weighted by molar-refractivity contribution is 5.81. The fourth-order valence-electron chi connectivity index (χ4n) is 3.90. The molecule has 2 fully saturated rings. The molecule has 1 aromatic carbocycles. The number of rotatable bonds is 4. The van der Waals surface area contributed by atoms with Gasteiger partial charge in [-0.2, -0.15) is 0 Å². The number of hydrogen-bond donors (Lipinski definition) is 1. The zero-order chi connectivity index (χ0) is 15.0. The van der Waals surface area contributed by atoms with Crippen molar-refractivity contribution in [3.05, 3.63) is 29.3 Å². The van der Waals surface area contributed by atoms with Gasteiger partial charge in [-0.25, -0.2) is 0 Å². The van der Waals surface area contributed by atoms with Crippen LogP contribution in [-0.2, 0) is 4.79 Å². The Morgan fingerprint density at radius 3 is 2.71 bits per heavy atom. The number of nitrogens with one attached hydrogen (secondary N) is 1. The third-order valence-corrected chi connectivity index (χ3v) is 5.07. The molecule has 2 bridgehead atoms. The van der Waals surface area contributed by atoms with E-state index in [1.807, 2.05) is 26.0 Å². The van der Waals surface area contributed by atoms with Crippen LogP contribution in [0.15, 0.2) is 18.2 Å². The van der Waals surface area contributed by atoms with Crippen LogP contribution in [0.25, 0.3) is 0 Å². The predicted octanol–water partition coefficient (Wildman–Crippen LogP) is 3.38. The molecule has 0 unspecified atom stereocenters. The van der Waals surface area contributed by atoms with Gasteiger partial charge in [-0.1, -0.05) is 24.1 Å². The maximum absolute atomic E-state index is 12.3. The van der Waals surface area contributed by atoms with Crippen LogP contribution in [-0.4, -0.2) is 18.1 Å². The quantitative estimate of drug-likeness (QED) is 0.922. The fourth-order valence-corrected chi connectivity index (χ4v) is 3.90.